The van der Waals surface area contributed by atoms with Crippen LogP contribution in [0.1, 0.15) is 38.2 Å². The lowest BCUT2D eigenvalue weighted by atomic mass is 9.67. The average Bonchev–Trinajstić information content (AvgIpc) is 2.44. The molecule has 20 heavy (non-hydrogen) atoms. The summed E-state index contributed by atoms with van der Waals surface area (Å²) in [5.41, 5.74) is 5.39. The zero-order valence-corrected chi connectivity index (χ0v) is 11.8. The summed E-state index contributed by atoms with van der Waals surface area (Å²) in [6, 6.07) is 3.23. The van der Waals surface area contributed by atoms with E-state index in [-0.39, 0.29) is 24.3 Å². The molecule has 1 aliphatic carbocycles. The van der Waals surface area contributed by atoms with Crippen molar-refractivity contribution in [3.8, 4) is 0 Å². The van der Waals surface area contributed by atoms with Crippen LogP contribution < -0.4 is 5.73 Å². The van der Waals surface area contributed by atoms with Crippen molar-refractivity contribution >= 4 is 5.78 Å². The van der Waals surface area contributed by atoms with E-state index in [0.29, 0.717) is 5.92 Å². The number of halogens is 2. The number of rotatable bonds is 4. The SMILES string of the molecule is CC1CCC(CN)(C(=O)Cc2cc(F)ccc2F)CC1. The molecule has 1 saturated carbocycles. The van der Waals surface area contributed by atoms with Gasteiger partial charge in [-0.25, -0.2) is 8.78 Å². The second kappa shape index (κ2) is 6.00. The largest absolute Gasteiger partial charge is 0.329 e. The van der Waals surface area contributed by atoms with Gasteiger partial charge in [-0.3, -0.25) is 4.79 Å². The van der Waals surface area contributed by atoms with Crippen LogP contribution in [0.2, 0.25) is 0 Å². The van der Waals surface area contributed by atoms with Crippen LogP contribution in [-0.4, -0.2) is 12.3 Å². The summed E-state index contributed by atoms with van der Waals surface area (Å²) < 4.78 is 26.8. The van der Waals surface area contributed by atoms with E-state index in [1.807, 2.05) is 0 Å². The Hall–Kier alpha value is -1.29. The third kappa shape index (κ3) is 3.06. The molecule has 2 nitrogen and oxygen atoms in total. The molecule has 1 aliphatic rings. The molecule has 0 atom stereocenters. The van der Waals surface area contributed by atoms with Gasteiger partial charge in [0.15, 0.2) is 0 Å². The molecule has 0 spiro atoms. The Kier molecular flexibility index (Phi) is 4.53. The normalized spacial score (nSPS) is 26.5. The van der Waals surface area contributed by atoms with Crippen LogP contribution in [0.3, 0.4) is 0 Å². The van der Waals surface area contributed by atoms with E-state index in [0.717, 1.165) is 43.9 Å². The van der Waals surface area contributed by atoms with Gasteiger partial charge in [0.1, 0.15) is 17.4 Å². The topological polar surface area (TPSA) is 43.1 Å². The quantitative estimate of drug-likeness (QED) is 0.920. The summed E-state index contributed by atoms with van der Waals surface area (Å²) in [5, 5.41) is 0. The first-order valence-corrected chi connectivity index (χ1v) is 7.14. The highest BCUT2D eigenvalue weighted by Crippen LogP contribution is 2.39. The summed E-state index contributed by atoms with van der Waals surface area (Å²) in [6.45, 7) is 2.45. The van der Waals surface area contributed by atoms with Crippen LogP contribution in [0.25, 0.3) is 0 Å². The predicted molar refractivity (Wildman–Crippen MR) is 74.2 cm³/mol. The van der Waals surface area contributed by atoms with Crippen LogP contribution in [0, 0.1) is 23.0 Å². The Morgan fingerprint density at radius 2 is 2.00 bits per heavy atom. The molecule has 1 aromatic carbocycles. The number of carbonyl (C=O) groups is 1. The molecule has 0 saturated heterocycles. The second-order valence-electron chi connectivity index (χ2n) is 6.00. The lowest BCUT2D eigenvalue weighted by Crippen LogP contribution is -2.42. The van der Waals surface area contributed by atoms with E-state index in [4.69, 9.17) is 5.73 Å². The van der Waals surface area contributed by atoms with Gasteiger partial charge < -0.3 is 5.73 Å². The smallest absolute Gasteiger partial charge is 0.144 e. The first kappa shape index (κ1) is 15.1. The van der Waals surface area contributed by atoms with Crippen LogP contribution >= 0.6 is 0 Å². The summed E-state index contributed by atoms with van der Waals surface area (Å²) in [6.07, 6.45) is 3.36. The highest BCUT2D eigenvalue weighted by Gasteiger charge is 2.39. The average molecular weight is 281 g/mol. The number of ketones is 1. The van der Waals surface area contributed by atoms with Crippen molar-refractivity contribution in [1.82, 2.24) is 0 Å². The molecule has 0 heterocycles. The number of benzene rings is 1. The Balaban J connectivity index is 2.15. The minimum Gasteiger partial charge on any atom is -0.329 e. The Morgan fingerprint density at radius 1 is 1.35 bits per heavy atom. The van der Waals surface area contributed by atoms with Crippen LogP contribution in [0.15, 0.2) is 18.2 Å². The molecule has 0 aliphatic heterocycles. The van der Waals surface area contributed by atoms with Crippen molar-refractivity contribution in [2.24, 2.45) is 17.1 Å². The van der Waals surface area contributed by atoms with Gasteiger partial charge in [0, 0.05) is 18.4 Å². The molecule has 0 aromatic heterocycles. The van der Waals surface area contributed by atoms with Crippen molar-refractivity contribution in [3.05, 3.63) is 35.4 Å². The lowest BCUT2D eigenvalue weighted by molar-refractivity contribution is -0.129. The summed E-state index contributed by atoms with van der Waals surface area (Å²) in [5.74, 6) is -0.505. The van der Waals surface area contributed by atoms with Crippen molar-refractivity contribution in [3.63, 3.8) is 0 Å². The Morgan fingerprint density at radius 3 is 2.60 bits per heavy atom. The van der Waals surface area contributed by atoms with E-state index >= 15 is 0 Å². The summed E-state index contributed by atoms with van der Waals surface area (Å²) >= 11 is 0. The van der Waals surface area contributed by atoms with Gasteiger partial charge in [-0.2, -0.15) is 0 Å². The van der Waals surface area contributed by atoms with Crippen molar-refractivity contribution in [2.45, 2.75) is 39.0 Å². The predicted octanol–water partition coefficient (Wildman–Crippen LogP) is 3.23. The molecular formula is C16H21F2NO. The van der Waals surface area contributed by atoms with E-state index < -0.39 is 17.0 Å². The Labute approximate surface area is 118 Å². The first-order valence-electron chi connectivity index (χ1n) is 7.14. The van der Waals surface area contributed by atoms with Gasteiger partial charge >= 0.3 is 0 Å². The van der Waals surface area contributed by atoms with Gasteiger partial charge in [-0.05, 0) is 55.4 Å². The molecule has 0 radical (unpaired) electrons. The van der Waals surface area contributed by atoms with Gasteiger partial charge in [0.2, 0.25) is 0 Å². The maximum atomic E-state index is 13.6. The fourth-order valence-electron chi connectivity index (χ4n) is 2.95. The molecular weight excluding hydrogens is 260 g/mol. The zero-order chi connectivity index (χ0) is 14.8. The number of hydrogen-bond donors (Lipinski definition) is 1. The number of Topliss-reactive ketones (excluding diaryl/α,β-unsaturated/α-hetero) is 1. The summed E-state index contributed by atoms with van der Waals surface area (Å²) in [4.78, 5) is 12.5. The third-order valence-corrected chi connectivity index (χ3v) is 4.57. The van der Waals surface area contributed by atoms with Crippen LogP contribution in [0.4, 0.5) is 8.78 Å². The molecule has 0 bridgehead atoms. The maximum Gasteiger partial charge on any atom is 0.144 e. The minimum absolute atomic E-state index is 0.0589. The van der Waals surface area contributed by atoms with E-state index in [9.17, 15) is 13.6 Å². The Bertz CT molecular complexity index is 493. The molecule has 0 amide bonds. The lowest BCUT2D eigenvalue weighted by Gasteiger charge is -2.37. The standard InChI is InChI=1S/C16H21F2NO/c1-11-4-6-16(10-19,7-5-11)15(20)9-12-8-13(17)2-3-14(12)18/h2-3,8,11H,4-7,9-10,19H2,1H3. The molecule has 110 valence electrons. The zero-order valence-electron chi connectivity index (χ0n) is 11.8. The van der Waals surface area contributed by atoms with Gasteiger partial charge in [-0.15, -0.1) is 0 Å². The van der Waals surface area contributed by atoms with Crippen molar-refractivity contribution < 1.29 is 13.6 Å². The third-order valence-electron chi connectivity index (χ3n) is 4.57. The second-order valence-corrected chi connectivity index (χ2v) is 6.00. The molecule has 2 N–H and O–H groups in total. The highest BCUT2D eigenvalue weighted by atomic mass is 19.1. The first-order chi connectivity index (χ1) is 9.47. The van der Waals surface area contributed by atoms with E-state index in [1.165, 1.54) is 0 Å². The van der Waals surface area contributed by atoms with Gasteiger partial charge in [0.25, 0.3) is 0 Å². The van der Waals surface area contributed by atoms with E-state index in [2.05, 4.69) is 6.92 Å². The van der Waals surface area contributed by atoms with Crippen molar-refractivity contribution in [1.29, 1.82) is 0 Å². The summed E-state index contributed by atoms with van der Waals surface area (Å²) in [7, 11) is 0. The minimum atomic E-state index is -0.550. The highest BCUT2D eigenvalue weighted by molar-refractivity contribution is 5.87. The van der Waals surface area contributed by atoms with Gasteiger partial charge in [-0.1, -0.05) is 6.92 Å². The molecule has 1 fully saturated rings. The fourth-order valence-corrected chi connectivity index (χ4v) is 2.95. The molecule has 4 heteroatoms. The van der Waals surface area contributed by atoms with Crippen LogP contribution in [0.5, 0.6) is 0 Å². The van der Waals surface area contributed by atoms with E-state index in [1.54, 1.807) is 0 Å². The molecule has 1 aromatic rings. The van der Waals surface area contributed by atoms with Gasteiger partial charge in [0.05, 0.1) is 0 Å². The maximum absolute atomic E-state index is 13.6. The number of nitrogens with two attached hydrogens (primary N) is 1. The fraction of sp³-hybridized carbons (Fsp3) is 0.562. The van der Waals surface area contributed by atoms with Crippen LogP contribution in [-0.2, 0) is 11.2 Å². The monoisotopic (exact) mass is 281 g/mol. The molecule has 0 unspecified atom stereocenters. The number of hydrogen-bond acceptors (Lipinski definition) is 2. The molecule has 2 rings (SSSR count). The van der Waals surface area contributed by atoms with Crippen molar-refractivity contribution in [2.75, 3.05) is 6.54 Å². The number of carbonyl (C=O) groups excluding carboxylic acids is 1.